The zero-order chi connectivity index (χ0) is 21.5. The fourth-order valence-electron chi connectivity index (χ4n) is 2.71. The summed E-state index contributed by atoms with van der Waals surface area (Å²) in [6.45, 7) is 1.96. The first-order valence-electron chi connectivity index (χ1n) is 9.35. The maximum Gasteiger partial charge on any atom is 0.255 e. The molecule has 0 spiro atoms. The predicted molar refractivity (Wildman–Crippen MR) is 124 cm³/mol. The van der Waals surface area contributed by atoms with Gasteiger partial charge in [0.25, 0.3) is 5.91 Å². The van der Waals surface area contributed by atoms with Crippen molar-refractivity contribution in [2.75, 3.05) is 10.6 Å². The normalized spacial score (nSPS) is 11.6. The molecule has 154 valence electrons. The minimum atomic E-state index is -0.392. The van der Waals surface area contributed by atoms with Crippen LogP contribution in [0.1, 0.15) is 23.7 Å². The van der Waals surface area contributed by atoms with E-state index < -0.39 is 5.82 Å². The van der Waals surface area contributed by atoms with Crippen LogP contribution in [0.15, 0.2) is 82.2 Å². The number of para-hydroxylation sites is 1. The SMILES string of the molecule is CCC(Sc1cccc(NC(=O)c2ccc(F)cc2)c1)C(=O)Nc1ccccc1Br. The maximum atomic E-state index is 13.0. The summed E-state index contributed by atoms with van der Waals surface area (Å²) >= 11 is 4.87. The summed E-state index contributed by atoms with van der Waals surface area (Å²) in [5, 5.41) is 5.46. The number of anilines is 2. The van der Waals surface area contributed by atoms with Crippen LogP contribution in [0.2, 0.25) is 0 Å². The van der Waals surface area contributed by atoms with E-state index in [0.717, 1.165) is 15.1 Å². The molecule has 1 atom stereocenters. The summed E-state index contributed by atoms with van der Waals surface area (Å²) in [4.78, 5) is 25.9. The van der Waals surface area contributed by atoms with Gasteiger partial charge in [-0.05, 0) is 76.9 Å². The summed E-state index contributed by atoms with van der Waals surface area (Å²) in [6, 6.07) is 20.1. The van der Waals surface area contributed by atoms with Gasteiger partial charge in [-0.25, -0.2) is 4.39 Å². The lowest BCUT2D eigenvalue weighted by molar-refractivity contribution is -0.115. The standard InChI is InChI=1S/C23H20BrFN2O2S/c1-2-21(23(29)27-20-9-4-3-8-19(20)24)30-18-7-5-6-17(14-18)26-22(28)15-10-12-16(25)13-11-15/h3-14,21H,2H2,1H3,(H,26,28)(H,27,29). The number of rotatable bonds is 7. The molecule has 0 aliphatic carbocycles. The minimum Gasteiger partial charge on any atom is -0.324 e. The van der Waals surface area contributed by atoms with Crippen LogP contribution >= 0.6 is 27.7 Å². The highest BCUT2D eigenvalue weighted by Crippen LogP contribution is 2.30. The van der Waals surface area contributed by atoms with Crippen LogP contribution < -0.4 is 10.6 Å². The Balaban J connectivity index is 1.67. The number of hydrogen-bond donors (Lipinski definition) is 2. The topological polar surface area (TPSA) is 58.2 Å². The van der Waals surface area contributed by atoms with Crippen LogP contribution in [0.25, 0.3) is 0 Å². The molecule has 0 saturated carbocycles. The number of carbonyl (C=O) groups excluding carboxylic acids is 2. The Labute approximate surface area is 187 Å². The highest BCUT2D eigenvalue weighted by atomic mass is 79.9. The van der Waals surface area contributed by atoms with E-state index in [4.69, 9.17) is 0 Å². The number of nitrogens with one attached hydrogen (secondary N) is 2. The second kappa shape index (κ2) is 10.4. The highest BCUT2D eigenvalue weighted by Gasteiger charge is 2.19. The van der Waals surface area contributed by atoms with E-state index >= 15 is 0 Å². The van der Waals surface area contributed by atoms with E-state index in [9.17, 15) is 14.0 Å². The lowest BCUT2D eigenvalue weighted by Crippen LogP contribution is -2.24. The van der Waals surface area contributed by atoms with E-state index in [2.05, 4.69) is 26.6 Å². The van der Waals surface area contributed by atoms with E-state index in [-0.39, 0.29) is 17.1 Å². The fraction of sp³-hybridized carbons (Fsp3) is 0.130. The Hall–Kier alpha value is -2.64. The summed E-state index contributed by atoms with van der Waals surface area (Å²) in [6.07, 6.45) is 0.646. The van der Waals surface area contributed by atoms with Crippen molar-refractivity contribution < 1.29 is 14.0 Å². The van der Waals surface area contributed by atoms with Crippen molar-refractivity contribution in [1.82, 2.24) is 0 Å². The van der Waals surface area contributed by atoms with Crippen LogP contribution in [0.4, 0.5) is 15.8 Å². The Morgan fingerprint density at radius 3 is 2.43 bits per heavy atom. The van der Waals surface area contributed by atoms with Gasteiger partial charge in [0.2, 0.25) is 5.91 Å². The largest absolute Gasteiger partial charge is 0.324 e. The molecule has 0 aliphatic rings. The summed E-state index contributed by atoms with van der Waals surface area (Å²) in [5.41, 5.74) is 1.70. The average Bonchev–Trinajstić information content (AvgIpc) is 2.74. The number of amides is 2. The molecule has 3 rings (SSSR count). The second-order valence-electron chi connectivity index (χ2n) is 6.47. The zero-order valence-electron chi connectivity index (χ0n) is 16.2. The molecule has 1 unspecified atom stereocenters. The molecule has 0 heterocycles. The van der Waals surface area contributed by atoms with Gasteiger partial charge in [-0.2, -0.15) is 0 Å². The molecule has 0 aliphatic heterocycles. The molecule has 2 amide bonds. The van der Waals surface area contributed by atoms with Gasteiger partial charge in [0, 0.05) is 20.6 Å². The van der Waals surface area contributed by atoms with Crippen molar-refractivity contribution >= 4 is 50.9 Å². The Morgan fingerprint density at radius 1 is 1.00 bits per heavy atom. The van der Waals surface area contributed by atoms with E-state index in [1.807, 2.05) is 49.4 Å². The summed E-state index contributed by atoms with van der Waals surface area (Å²) < 4.78 is 13.9. The van der Waals surface area contributed by atoms with Crippen molar-refractivity contribution in [3.8, 4) is 0 Å². The molecular weight excluding hydrogens is 467 g/mol. The number of carbonyl (C=O) groups is 2. The van der Waals surface area contributed by atoms with Crippen molar-refractivity contribution in [2.45, 2.75) is 23.5 Å². The molecule has 0 aromatic heterocycles. The molecule has 3 aromatic rings. The first kappa shape index (κ1) is 22.1. The molecule has 3 aromatic carbocycles. The number of thioether (sulfide) groups is 1. The van der Waals surface area contributed by atoms with Gasteiger partial charge in [0.05, 0.1) is 10.9 Å². The van der Waals surface area contributed by atoms with Crippen LogP contribution in [-0.4, -0.2) is 17.1 Å². The molecule has 0 fully saturated rings. The first-order valence-corrected chi connectivity index (χ1v) is 11.0. The molecule has 7 heteroatoms. The third-order valence-corrected chi connectivity index (χ3v) is 6.32. The number of halogens is 2. The minimum absolute atomic E-state index is 0.0878. The van der Waals surface area contributed by atoms with Gasteiger partial charge in [-0.15, -0.1) is 11.8 Å². The van der Waals surface area contributed by atoms with Gasteiger partial charge >= 0.3 is 0 Å². The lowest BCUT2D eigenvalue weighted by Gasteiger charge is -2.16. The van der Waals surface area contributed by atoms with Crippen molar-refractivity contribution in [3.05, 3.63) is 88.6 Å². The van der Waals surface area contributed by atoms with Crippen LogP contribution in [0.3, 0.4) is 0 Å². The molecule has 4 nitrogen and oxygen atoms in total. The molecule has 0 bridgehead atoms. The van der Waals surface area contributed by atoms with E-state index in [1.54, 1.807) is 6.07 Å². The first-order chi connectivity index (χ1) is 14.5. The fourth-order valence-corrected chi connectivity index (χ4v) is 4.11. The van der Waals surface area contributed by atoms with Gasteiger partial charge in [0.15, 0.2) is 0 Å². The highest BCUT2D eigenvalue weighted by molar-refractivity contribution is 9.10. The van der Waals surface area contributed by atoms with Crippen molar-refractivity contribution in [2.24, 2.45) is 0 Å². The maximum absolute atomic E-state index is 13.0. The third-order valence-electron chi connectivity index (χ3n) is 4.27. The number of benzene rings is 3. The molecular formula is C23H20BrFN2O2S. The van der Waals surface area contributed by atoms with Gasteiger partial charge in [-0.3, -0.25) is 9.59 Å². The average molecular weight is 487 g/mol. The van der Waals surface area contributed by atoms with E-state index in [1.165, 1.54) is 36.0 Å². The van der Waals surface area contributed by atoms with Gasteiger partial charge in [-0.1, -0.05) is 25.1 Å². The van der Waals surface area contributed by atoms with Crippen molar-refractivity contribution in [3.63, 3.8) is 0 Å². The molecule has 2 N–H and O–H groups in total. The predicted octanol–water partition coefficient (Wildman–Crippen LogP) is 6.35. The monoisotopic (exact) mass is 486 g/mol. The van der Waals surface area contributed by atoms with Gasteiger partial charge in [0.1, 0.15) is 5.82 Å². The number of hydrogen-bond acceptors (Lipinski definition) is 3. The Morgan fingerprint density at radius 2 is 1.73 bits per heavy atom. The van der Waals surface area contributed by atoms with Crippen LogP contribution in [-0.2, 0) is 4.79 Å². The third kappa shape index (κ3) is 5.93. The van der Waals surface area contributed by atoms with E-state index in [0.29, 0.717) is 17.7 Å². The zero-order valence-corrected chi connectivity index (χ0v) is 18.6. The summed E-state index contributed by atoms with van der Waals surface area (Å²) in [7, 11) is 0. The Bertz CT molecular complexity index is 1040. The van der Waals surface area contributed by atoms with Crippen LogP contribution in [0.5, 0.6) is 0 Å². The van der Waals surface area contributed by atoms with Crippen molar-refractivity contribution in [1.29, 1.82) is 0 Å². The smallest absolute Gasteiger partial charge is 0.255 e. The second-order valence-corrected chi connectivity index (χ2v) is 8.60. The Kier molecular flexibility index (Phi) is 7.65. The lowest BCUT2D eigenvalue weighted by atomic mass is 10.2. The quantitative estimate of drug-likeness (QED) is 0.382. The summed E-state index contributed by atoms with van der Waals surface area (Å²) in [5.74, 6) is -0.803. The van der Waals surface area contributed by atoms with Gasteiger partial charge < -0.3 is 10.6 Å². The van der Waals surface area contributed by atoms with Crippen LogP contribution in [0, 0.1) is 5.82 Å². The molecule has 0 radical (unpaired) electrons. The molecule has 0 saturated heterocycles. The molecule has 30 heavy (non-hydrogen) atoms.